The molecule has 0 aliphatic heterocycles. The highest BCUT2D eigenvalue weighted by Crippen LogP contribution is 2.22. The van der Waals surface area contributed by atoms with E-state index in [-0.39, 0.29) is 30.3 Å². The summed E-state index contributed by atoms with van der Waals surface area (Å²) in [6.45, 7) is 4.06. The van der Waals surface area contributed by atoms with Gasteiger partial charge in [-0.15, -0.1) is 12.4 Å². The summed E-state index contributed by atoms with van der Waals surface area (Å²) in [5.74, 6) is 0.195. The van der Waals surface area contributed by atoms with Crippen molar-refractivity contribution in [2.45, 2.75) is 57.5 Å². The van der Waals surface area contributed by atoms with Crippen LogP contribution in [0.2, 0.25) is 0 Å². The Labute approximate surface area is 184 Å². The van der Waals surface area contributed by atoms with Gasteiger partial charge in [-0.25, -0.2) is 4.79 Å². The van der Waals surface area contributed by atoms with E-state index >= 15 is 0 Å². The fourth-order valence-electron chi connectivity index (χ4n) is 2.85. The van der Waals surface area contributed by atoms with E-state index in [1.807, 2.05) is 38.3 Å². The molecule has 0 aromatic heterocycles. The van der Waals surface area contributed by atoms with Crippen LogP contribution in [0.25, 0.3) is 0 Å². The number of amides is 1. The average Bonchev–Trinajstić information content (AvgIpc) is 2.64. The van der Waals surface area contributed by atoms with Crippen molar-refractivity contribution in [2.75, 3.05) is 17.8 Å². The quantitative estimate of drug-likeness (QED) is 0.365. The highest BCUT2D eigenvalue weighted by Gasteiger charge is 2.22. The van der Waals surface area contributed by atoms with Crippen molar-refractivity contribution in [3.8, 4) is 0 Å². The molecule has 4 N–H and O–H groups in total. The van der Waals surface area contributed by atoms with Crippen molar-refractivity contribution < 1.29 is 14.7 Å². The van der Waals surface area contributed by atoms with Crippen LogP contribution in [0.1, 0.15) is 60.5 Å². The molecule has 2 atom stereocenters. The summed E-state index contributed by atoms with van der Waals surface area (Å²) in [5.41, 5.74) is 8.46. The average molecular weight is 449 g/mol. The molecule has 28 heavy (non-hydrogen) atoms. The Morgan fingerprint density at radius 2 is 1.96 bits per heavy atom. The Bertz CT molecular complexity index is 629. The van der Waals surface area contributed by atoms with Crippen LogP contribution >= 0.6 is 36.8 Å². The van der Waals surface area contributed by atoms with E-state index in [1.165, 1.54) is 0 Å². The van der Waals surface area contributed by atoms with E-state index in [2.05, 4.69) is 17.9 Å². The number of nitrogens with two attached hydrogens (primary N) is 1. The summed E-state index contributed by atoms with van der Waals surface area (Å²) >= 11 is 5.76. The number of thiol groups is 1. The molecule has 1 aromatic rings. The van der Waals surface area contributed by atoms with Crippen molar-refractivity contribution in [1.29, 1.82) is 0 Å². The second-order valence-corrected chi connectivity index (χ2v) is 8.41. The van der Waals surface area contributed by atoms with Gasteiger partial charge < -0.3 is 16.2 Å². The summed E-state index contributed by atoms with van der Waals surface area (Å²) in [5, 5.41) is 12.1. The molecular formula is C20H33ClN2O3S2. The van der Waals surface area contributed by atoms with Gasteiger partial charge in [0.15, 0.2) is 0 Å². The van der Waals surface area contributed by atoms with Gasteiger partial charge in [0, 0.05) is 17.4 Å². The highest BCUT2D eigenvalue weighted by atomic mass is 35.5. The number of hydrogen-bond donors (Lipinski definition) is 4. The standard InChI is InChI=1S/C20H32N2O3S2.ClH/c1-13(2)16-8-7-14(5-4-6-15(21)12-26)11-17(16)19(23)22-18(20(24)25)9-10-27-3;/h7-8,11,13,15,18,26H,4-6,9-10,12,21H2,1-3H3,(H,22,23)(H,24,25);1H/t15?,18-;/m0./s1. The minimum absolute atomic E-state index is 0. The van der Waals surface area contributed by atoms with Gasteiger partial charge in [0.1, 0.15) is 6.04 Å². The molecule has 0 aliphatic rings. The largest absolute Gasteiger partial charge is 0.480 e. The number of rotatable bonds is 12. The summed E-state index contributed by atoms with van der Waals surface area (Å²) in [4.78, 5) is 24.3. The number of carbonyl (C=O) groups is 2. The van der Waals surface area contributed by atoms with Gasteiger partial charge in [0.2, 0.25) is 0 Å². The van der Waals surface area contributed by atoms with E-state index in [9.17, 15) is 14.7 Å². The van der Waals surface area contributed by atoms with Crippen molar-refractivity contribution in [2.24, 2.45) is 5.73 Å². The van der Waals surface area contributed by atoms with Crippen LogP contribution in [0.15, 0.2) is 18.2 Å². The van der Waals surface area contributed by atoms with Crippen LogP contribution in [0, 0.1) is 0 Å². The van der Waals surface area contributed by atoms with E-state index in [1.54, 1.807) is 11.8 Å². The van der Waals surface area contributed by atoms with Crippen molar-refractivity contribution in [3.05, 3.63) is 34.9 Å². The third-order valence-corrected chi connectivity index (χ3v) is 5.59. The summed E-state index contributed by atoms with van der Waals surface area (Å²) in [6, 6.07) is 5.12. The lowest BCUT2D eigenvalue weighted by Crippen LogP contribution is -2.41. The maximum Gasteiger partial charge on any atom is 0.326 e. The number of halogens is 1. The molecule has 8 heteroatoms. The molecule has 5 nitrogen and oxygen atoms in total. The van der Waals surface area contributed by atoms with Crippen LogP contribution in [0.3, 0.4) is 0 Å². The molecule has 0 bridgehead atoms. The van der Waals surface area contributed by atoms with Crippen LogP contribution < -0.4 is 11.1 Å². The molecule has 0 radical (unpaired) electrons. The molecule has 0 saturated carbocycles. The highest BCUT2D eigenvalue weighted by molar-refractivity contribution is 7.98. The third kappa shape index (κ3) is 9.07. The summed E-state index contributed by atoms with van der Waals surface area (Å²) in [7, 11) is 0. The van der Waals surface area contributed by atoms with Crippen LogP contribution in [-0.4, -0.2) is 46.8 Å². The second-order valence-electron chi connectivity index (χ2n) is 7.06. The minimum Gasteiger partial charge on any atom is -0.480 e. The lowest BCUT2D eigenvalue weighted by Gasteiger charge is -2.18. The number of carbonyl (C=O) groups excluding carboxylic acids is 1. The van der Waals surface area contributed by atoms with E-state index in [4.69, 9.17) is 5.73 Å². The zero-order valence-electron chi connectivity index (χ0n) is 16.8. The molecule has 1 rings (SSSR count). The first-order chi connectivity index (χ1) is 12.8. The van der Waals surface area contributed by atoms with E-state index in [0.29, 0.717) is 23.5 Å². The molecule has 1 aromatic carbocycles. The predicted octanol–water partition coefficient (Wildman–Crippen LogP) is 3.75. The van der Waals surface area contributed by atoms with Crippen molar-refractivity contribution >= 4 is 48.7 Å². The van der Waals surface area contributed by atoms with Crippen molar-refractivity contribution in [1.82, 2.24) is 5.32 Å². The normalized spacial score (nSPS) is 12.9. The predicted molar refractivity (Wildman–Crippen MR) is 124 cm³/mol. The molecular weight excluding hydrogens is 416 g/mol. The second kappa shape index (κ2) is 14.1. The van der Waals surface area contributed by atoms with Crippen LogP contribution in [0.4, 0.5) is 0 Å². The number of nitrogens with one attached hydrogen (secondary N) is 1. The SMILES string of the molecule is CSCC[C@H](NC(=O)c1cc(CCCC(N)CS)ccc1C(C)C)C(=O)O.Cl. The van der Waals surface area contributed by atoms with Gasteiger partial charge in [0.25, 0.3) is 5.91 Å². The molecule has 0 saturated heterocycles. The first kappa shape index (κ1) is 27.1. The third-order valence-electron chi connectivity index (χ3n) is 4.47. The molecule has 0 aliphatic carbocycles. The van der Waals surface area contributed by atoms with Gasteiger partial charge in [-0.3, -0.25) is 4.79 Å². The Balaban J connectivity index is 0.00000729. The molecule has 0 fully saturated rings. The van der Waals surface area contributed by atoms with E-state index < -0.39 is 12.0 Å². The molecule has 1 amide bonds. The Morgan fingerprint density at radius 1 is 1.29 bits per heavy atom. The number of aliphatic carboxylic acids is 1. The number of carboxylic acids is 1. The minimum atomic E-state index is -1.000. The number of aryl methyl sites for hydroxylation is 1. The smallest absolute Gasteiger partial charge is 0.326 e. The van der Waals surface area contributed by atoms with Gasteiger partial charge in [0.05, 0.1) is 0 Å². The lowest BCUT2D eigenvalue weighted by atomic mass is 9.93. The zero-order chi connectivity index (χ0) is 20.4. The number of hydrogen-bond acceptors (Lipinski definition) is 5. The Hall–Kier alpha value is -0.890. The monoisotopic (exact) mass is 448 g/mol. The van der Waals surface area contributed by atoms with E-state index in [0.717, 1.165) is 30.4 Å². The first-order valence-corrected chi connectivity index (χ1v) is 11.3. The van der Waals surface area contributed by atoms with Gasteiger partial charge >= 0.3 is 5.97 Å². The molecule has 0 heterocycles. The fourth-order valence-corrected chi connectivity index (χ4v) is 3.50. The summed E-state index contributed by atoms with van der Waals surface area (Å²) in [6.07, 6.45) is 4.96. The topological polar surface area (TPSA) is 92.4 Å². The van der Waals surface area contributed by atoms with Crippen molar-refractivity contribution in [3.63, 3.8) is 0 Å². The molecule has 0 spiro atoms. The number of thioether (sulfide) groups is 1. The fraction of sp³-hybridized carbons (Fsp3) is 0.600. The Kier molecular flexibility index (Phi) is 13.7. The maximum absolute atomic E-state index is 12.8. The molecule has 160 valence electrons. The van der Waals surface area contributed by atoms with Crippen LogP contribution in [-0.2, 0) is 11.2 Å². The Morgan fingerprint density at radius 3 is 2.50 bits per heavy atom. The maximum atomic E-state index is 12.8. The van der Waals surface area contributed by atoms with Crippen LogP contribution in [0.5, 0.6) is 0 Å². The lowest BCUT2D eigenvalue weighted by molar-refractivity contribution is -0.139. The number of benzene rings is 1. The molecule has 1 unspecified atom stereocenters. The van der Waals surface area contributed by atoms with Gasteiger partial charge in [-0.1, -0.05) is 26.0 Å². The van der Waals surface area contributed by atoms with Gasteiger partial charge in [-0.05, 0) is 60.8 Å². The zero-order valence-corrected chi connectivity index (χ0v) is 19.3. The first-order valence-electron chi connectivity index (χ1n) is 9.32. The van der Waals surface area contributed by atoms with Gasteiger partial charge in [-0.2, -0.15) is 24.4 Å². The number of carboxylic acid groups (broad SMARTS) is 1. The summed E-state index contributed by atoms with van der Waals surface area (Å²) < 4.78 is 0.